The zero-order valence-corrected chi connectivity index (χ0v) is 14.7. The van der Waals surface area contributed by atoms with E-state index >= 15 is 0 Å². The maximum Gasteiger partial charge on any atom is 0.410 e. The molecule has 1 aromatic carbocycles. The molecule has 1 amide bonds. The summed E-state index contributed by atoms with van der Waals surface area (Å²) in [5, 5.41) is 0. The van der Waals surface area contributed by atoms with Crippen molar-refractivity contribution in [2.75, 3.05) is 19.6 Å². The van der Waals surface area contributed by atoms with Gasteiger partial charge in [-0.25, -0.2) is 4.79 Å². The zero-order valence-electron chi connectivity index (χ0n) is 14.7. The lowest BCUT2D eigenvalue weighted by Gasteiger charge is -2.55. The molecule has 2 unspecified atom stereocenters. The number of rotatable bonds is 2. The minimum atomic E-state index is -0.431. The van der Waals surface area contributed by atoms with Gasteiger partial charge in [-0.2, -0.15) is 0 Å². The van der Waals surface area contributed by atoms with Crippen LogP contribution in [0.3, 0.4) is 0 Å². The Morgan fingerprint density at radius 3 is 2.61 bits per heavy atom. The fraction of sp³-hybridized carbons (Fsp3) is 0.632. The number of ether oxygens (including phenoxy) is 1. The van der Waals surface area contributed by atoms with E-state index in [1.165, 1.54) is 5.56 Å². The molecule has 4 nitrogen and oxygen atoms in total. The van der Waals surface area contributed by atoms with E-state index in [1.807, 2.05) is 31.7 Å². The second-order valence-corrected chi connectivity index (χ2v) is 8.04. The highest BCUT2D eigenvalue weighted by molar-refractivity contribution is 5.71. The average Bonchev–Trinajstić information content (AvgIpc) is 2.90. The fourth-order valence-electron chi connectivity index (χ4n) is 3.85. The summed E-state index contributed by atoms with van der Waals surface area (Å²) in [6.07, 6.45) is 0.887. The van der Waals surface area contributed by atoms with Gasteiger partial charge in [0.15, 0.2) is 0 Å². The molecular formula is C19H28N2O2. The van der Waals surface area contributed by atoms with Gasteiger partial charge in [-0.1, -0.05) is 37.3 Å². The van der Waals surface area contributed by atoms with E-state index in [0.717, 1.165) is 32.6 Å². The molecule has 126 valence electrons. The third-order valence-corrected chi connectivity index (χ3v) is 5.13. The van der Waals surface area contributed by atoms with Crippen molar-refractivity contribution in [2.45, 2.75) is 51.8 Å². The first kappa shape index (κ1) is 16.3. The van der Waals surface area contributed by atoms with Crippen LogP contribution >= 0.6 is 0 Å². The van der Waals surface area contributed by atoms with E-state index in [2.05, 4.69) is 36.1 Å². The highest BCUT2D eigenvalue weighted by Crippen LogP contribution is 2.44. The molecule has 0 bridgehead atoms. The Labute approximate surface area is 139 Å². The van der Waals surface area contributed by atoms with Crippen molar-refractivity contribution in [1.29, 1.82) is 0 Å². The molecule has 0 radical (unpaired) electrons. The lowest BCUT2D eigenvalue weighted by molar-refractivity contribution is -0.0750. The van der Waals surface area contributed by atoms with E-state index in [-0.39, 0.29) is 11.6 Å². The van der Waals surface area contributed by atoms with Crippen LogP contribution in [0.5, 0.6) is 0 Å². The Kier molecular flexibility index (Phi) is 4.13. The second-order valence-electron chi connectivity index (χ2n) is 8.04. The number of likely N-dealkylation sites (tertiary alicyclic amines) is 2. The lowest BCUT2D eigenvalue weighted by atomic mass is 9.74. The van der Waals surface area contributed by atoms with E-state index < -0.39 is 5.60 Å². The smallest absolute Gasteiger partial charge is 0.410 e. The molecule has 0 N–H and O–H groups in total. The molecule has 2 aliphatic rings. The Morgan fingerprint density at radius 1 is 1.30 bits per heavy atom. The molecule has 2 saturated heterocycles. The van der Waals surface area contributed by atoms with Crippen LogP contribution in [0, 0.1) is 5.92 Å². The van der Waals surface area contributed by atoms with Gasteiger partial charge >= 0.3 is 6.09 Å². The van der Waals surface area contributed by atoms with Gasteiger partial charge in [-0.3, -0.25) is 4.90 Å². The van der Waals surface area contributed by atoms with E-state index in [1.54, 1.807) is 0 Å². The SMILES string of the molecule is CC1CN(C(=O)OC(C)(C)C)C12CCN(Cc1ccccc1)C2. The van der Waals surface area contributed by atoms with E-state index in [9.17, 15) is 4.79 Å². The third-order valence-electron chi connectivity index (χ3n) is 5.13. The monoisotopic (exact) mass is 316 g/mol. The number of hydrogen-bond acceptors (Lipinski definition) is 3. The first-order valence-corrected chi connectivity index (χ1v) is 8.57. The molecule has 2 heterocycles. The van der Waals surface area contributed by atoms with Crippen LogP contribution in [-0.2, 0) is 11.3 Å². The van der Waals surface area contributed by atoms with Crippen molar-refractivity contribution in [3.8, 4) is 0 Å². The summed E-state index contributed by atoms with van der Waals surface area (Å²) in [6.45, 7) is 11.8. The summed E-state index contributed by atoms with van der Waals surface area (Å²) in [4.78, 5) is 16.9. The van der Waals surface area contributed by atoms with Gasteiger partial charge in [-0.15, -0.1) is 0 Å². The second kappa shape index (κ2) is 5.82. The summed E-state index contributed by atoms with van der Waals surface area (Å²) < 4.78 is 5.60. The van der Waals surface area contributed by atoms with Crippen LogP contribution in [0.15, 0.2) is 30.3 Å². The highest BCUT2D eigenvalue weighted by atomic mass is 16.6. The predicted molar refractivity (Wildman–Crippen MR) is 91.2 cm³/mol. The Morgan fingerprint density at radius 2 is 2.00 bits per heavy atom. The third kappa shape index (κ3) is 3.23. The molecule has 0 saturated carbocycles. The number of carbonyl (C=O) groups is 1. The molecule has 4 heteroatoms. The summed E-state index contributed by atoms with van der Waals surface area (Å²) >= 11 is 0. The van der Waals surface area contributed by atoms with Crippen molar-refractivity contribution in [1.82, 2.24) is 9.80 Å². The minimum absolute atomic E-state index is 0.0306. The van der Waals surface area contributed by atoms with Crippen molar-refractivity contribution < 1.29 is 9.53 Å². The van der Waals surface area contributed by atoms with Crippen LogP contribution in [0.2, 0.25) is 0 Å². The van der Waals surface area contributed by atoms with Crippen molar-refractivity contribution in [3.05, 3.63) is 35.9 Å². The van der Waals surface area contributed by atoms with E-state index in [4.69, 9.17) is 4.74 Å². The van der Waals surface area contributed by atoms with Gasteiger partial charge in [0.1, 0.15) is 5.60 Å². The molecule has 0 aromatic heterocycles. The minimum Gasteiger partial charge on any atom is -0.444 e. The maximum atomic E-state index is 12.5. The highest BCUT2D eigenvalue weighted by Gasteiger charge is 2.57. The lowest BCUT2D eigenvalue weighted by Crippen LogP contribution is -2.69. The first-order valence-electron chi connectivity index (χ1n) is 8.57. The van der Waals surface area contributed by atoms with Crippen molar-refractivity contribution >= 4 is 6.09 Å². The molecule has 1 spiro atoms. The van der Waals surface area contributed by atoms with Crippen LogP contribution in [-0.4, -0.2) is 46.7 Å². The zero-order chi connectivity index (χ0) is 16.7. The standard InChI is InChI=1S/C19H28N2O2/c1-15-12-21(17(22)23-18(2,3)4)19(15)10-11-20(14-19)13-16-8-6-5-7-9-16/h5-9,15H,10-14H2,1-4H3. The Bertz CT molecular complexity index is 566. The van der Waals surface area contributed by atoms with Gasteiger partial charge in [0.05, 0.1) is 5.54 Å². The number of amides is 1. The van der Waals surface area contributed by atoms with Gasteiger partial charge in [0, 0.05) is 26.2 Å². The van der Waals surface area contributed by atoms with Crippen LogP contribution in [0.25, 0.3) is 0 Å². The predicted octanol–water partition coefficient (Wildman–Crippen LogP) is 3.52. The van der Waals surface area contributed by atoms with Crippen LogP contribution in [0.4, 0.5) is 4.79 Å². The Balaban J connectivity index is 1.66. The summed E-state index contributed by atoms with van der Waals surface area (Å²) in [7, 11) is 0. The quantitative estimate of drug-likeness (QED) is 0.837. The first-order chi connectivity index (χ1) is 10.8. The fourth-order valence-corrected chi connectivity index (χ4v) is 3.85. The van der Waals surface area contributed by atoms with Gasteiger partial charge in [0.2, 0.25) is 0 Å². The molecule has 3 rings (SSSR count). The number of hydrogen-bond donors (Lipinski definition) is 0. The summed E-state index contributed by atoms with van der Waals surface area (Å²) in [5.74, 6) is 0.538. The van der Waals surface area contributed by atoms with E-state index in [0.29, 0.717) is 5.92 Å². The van der Waals surface area contributed by atoms with Crippen LogP contribution in [0.1, 0.15) is 39.7 Å². The molecule has 2 atom stereocenters. The van der Waals surface area contributed by atoms with Gasteiger partial charge in [0.25, 0.3) is 0 Å². The molecule has 0 aliphatic carbocycles. The topological polar surface area (TPSA) is 32.8 Å². The number of nitrogens with zero attached hydrogens (tertiary/aromatic N) is 2. The summed E-state index contributed by atoms with van der Waals surface area (Å²) in [5.41, 5.74) is 0.872. The number of benzene rings is 1. The molecular weight excluding hydrogens is 288 g/mol. The summed E-state index contributed by atoms with van der Waals surface area (Å²) in [6, 6.07) is 10.6. The molecule has 1 aromatic rings. The largest absolute Gasteiger partial charge is 0.444 e. The normalized spacial score (nSPS) is 28.0. The molecule has 2 fully saturated rings. The van der Waals surface area contributed by atoms with Gasteiger partial charge < -0.3 is 9.64 Å². The molecule has 23 heavy (non-hydrogen) atoms. The van der Waals surface area contributed by atoms with Crippen LogP contribution < -0.4 is 0 Å². The Hall–Kier alpha value is -1.55. The average molecular weight is 316 g/mol. The molecule has 2 aliphatic heterocycles. The van der Waals surface area contributed by atoms with Gasteiger partial charge in [-0.05, 0) is 38.7 Å². The number of carbonyl (C=O) groups excluding carboxylic acids is 1. The maximum absolute atomic E-state index is 12.5. The van der Waals surface area contributed by atoms with Crippen molar-refractivity contribution in [3.63, 3.8) is 0 Å². The van der Waals surface area contributed by atoms with Crippen molar-refractivity contribution in [2.24, 2.45) is 5.92 Å².